The molecule has 0 spiro atoms. The monoisotopic (exact) mass is 1100 g/mol. The van der Waals surface area contributed by atoms with E-state index in [0.717, 1.165) is 12.2 Å². The molecule has 4 unspecified atom stereocenters. The number of hydrogen-bond donors (Lipinski definition) is 2. The minimum atomic E-state index is -2.35. The second-order valence-corrected chi connectivity index (χ2v) is 26.3. The third-order valence-electron chi connectivity index (χ3n) is 21.9. The summed E-state index contributed by atoms with van der Waals surface area (Å²) in [5.41, 5.74) is -15.1. The molecular formula is C58H68F5NO12S. The standard InChI is InChI=1S/C31H39F2NO6.C27H29F3O6S/c1-16-12-18-19-14-21(32)20-13-17(35)8-9-28(20,6)30(19,33)22(36)15-29(18,7)31(16,25(38)39-11-10-34)40-24(37)23-26(2,3)27(23,4)5;1-14-9-16-17-11-19(29)18-10-15(31)6-7-24(18,2)26(17,30)21(32)12-25(16,3)27(14,23(34)37-13-28)36-22(33)20-5-4-8-35-20/h8-9,13,16,18-19,21-23,36H,11-12,14-15H2,1-7H3;4-8,10,14,16-17,19,21,32H,9,11-13H2,1-3H3/t16-,18+,19+,21+,22+,28+,29+,30+,31+;14?,16-,17-,19?,21?,24-,25-,26-,27?/m10/s1. The lowest BCUT2D eigenvalue weighted by Gasteiger charge is -2.63. The number of furan rings is 1. The van der Waals surface area contributed by atoms with Gasteiger partial charge in [0.25, 0.3) is 0 Å². The number of nitrogens with zero attached hydrogens (tertiary/aromatic N) is 1. The van der Waals surface area contributed by atoms with Gasteiger partial charge in [0.2, 0.25) is 16.5 Å². The van der Waals surface area contributed by atoms with E-state index in [1.54, 1.807) is 33.8 Å². The number of carbonyl (C=O) groups is 6. The zero-order valence-electron chi connectivity index (χ0n) is 44.9. The number of esters is 3. The topological polar surface area (TPSA) is 207 Å². The molecule has 77 heavy (non-hydrogen) atoms. The number of hydrogen-bond acceptors (Lipinski definition) is 14. The number of ketones is 2. The molecule has 7 fully saturated rings. The fourth-order valence-corrected chi connectivity index (χ4v) is 18.2. The van der Waals surface area contributed by atoms with Gasteiger partial charge in [-0.1, -0.05) is 67.5 Å². The van der Waals surface area contributed by atoms with Crippen LogP contribution in [0.25, 0.3) is 0 Å². The molecule has 9 aliphatic rings. The van der Waals surface area contributed by atoms with E-state index >= 15 is 17.6 Å². The van der Waals surface area contributed by atoms with Crippen molar-refractivity contribution in [3.05, 3.63) is 71.8 Å². The highest BCUT2D eigenvalue weighted by Crippen LogP contribution is 2.75. The highest BCUT2D eigenvalue weighted by molar-refractivity contribution is 8.13. The van der Waals surface area contributed by atoms with Crippen LogP contribution < -0.4 is 0 Å². The maximum Gasteiger partial charge on any atom is 0.375 e. The summed E-state index contributed by atoms with van der Waals surface area (Å²) in [6.07, 6.45) is 1.23. The summed E-state index contributed by atoms with van der Waals surface area (Å²) < 4.78 is 102. The molecule has 2 N–H and O–H groups in total. The second-order valence-electron chi connectivity index (χ2n) is 25.4. The lowest BCUT2D eigenvalue weighted by molar-refractivity contribution is -0.239. The van der Waals surface area contributed by atoms with Gasteiger partial charge in [-0.3, -0.25) is 19.2 Å². The Morgan fingerprint density at radius 1 is 0.740 bits per heavy atom. The van der Waals surface area contributed by atoms with Gasteiger partial charge in [0.1, 0.15) is 24.4 Å². The van der Waals surface area contributed by atoms with Crippen molar-refractivity contribution in [3.8, 4) is 6.07 Å². The number of nitriles is 1. The average Bonchev–Trinajstić information content (AvgIpc) is 3.98. The van der Waals surface area contributed by atoms with Crippen molar-refractivity contribution in [1.82, 2.24) is 0 Å². The Morgan fingerprint density at radius 2 is 1.21 bits per heavy atom. The summed E-state index contributed by atoms with van der Waals surface area (Å²) in [5.74, 6) is -8.78. The first kappa shape index (κ1) is 56.8. The molecule has 7 saturated carbocycles. The van der Waals surface area contributed by atoms with Crippen LogP contribution in [0.2, 0.25) is 0 Å². The van der Waals surface area contributed by atoms with Crippen LogP contribution >= 0.6 is 11.8 Å². The molecule has 19 heteroatoms. The molecule has 0 saturated heterocycles. The van der Waals surface area contributed by atoms with Gasteiger partial charge in [-0.2, -0.15) is 5.26 Å². The van der Waals surface area contributed by atoms with E-state index in [-0.39, 0.29) is 55.4 Å². The summed E-state index contributed by atoms with van der Waals surface area (Å²) in [4.78, 5) is 78.4. The molecule has 1 heterocycles. The third-order valence-corrected chi connectivity index (χ3v) is 22.6. The normalized spacial score (nSPS) is 45.4. The molecular weight excluding hydrogens is 1030 g/mol. The van der Waals surface area contributed by atoms with Crippen molar-refractivity contribution in [2.24, 2.45) is 73.9 Å². The number of thioether (sulfide) groups is 1. The van der Waals surface area contributed by atoms with E-state index in [0.29, 0.717) is 11.8 Å². The summed E-state index contributed by atoms with van der Waals surface area (Å²) in [6.45, 7) is 16.9. The van der Waals surface area contributed by atoms with Crippen molar-refractivity contribution in [3.63, 3.8) is 0 Å². The molecule has 10 rings (SSSR count). The Balaban J connectivity index is 0.000000188. The predicted molar refractivity (Wildman–Crippen MR) is 268 cm³/mol. The van der Waals surface area contributed by atoms with Crippen LogP contribution in [0.1, 0.15) is 118 Å². The highest BCUT2D eigenvalue weighted by Gasteiger charge is 2.81. The first-order valence-corrected chi connectivity index (χ1v) is 27.4. The van der Waals surface area contributed by atoms with Crippen LogP contribution in [0.3, 0.4) is 0 Å². The van der Waals surface area contributed by atoms with Gasteiger partial charge >= 0.3 is 17.9 Å². The number of carbonyl (C=O) groups excluding carboxylic acids is 6. The molecule has 418 valence electrons. The van der Waals surface area contributed by atoms with Gasteiger partial charge in [-0.15, -0.1) is 0 Å². The fraction of sp³-hybridized carbons (Fsp3) is 0.672. The van der Waals surface area contributed by atoms with Crippen molar-refractivity contribution >= 4 is 46.4 Å². The Bertz CT molecular complexity index is 2850. The molecule has 9 aliphatic carbocycles. The number of ether oxygens (including phenoxy) is 3. The number of halogens is 5. The largest absolute Gasteiger partial charge is 0.457 e. The van der Waals surface area contributed by atoms with Crippen LogP contribution in [0.4, 0.5) is 22.0 Å². The van der Waals surface area contributed by atoms with E-state index in [1.807, 2.05) is 27.7 Å². The molecule has 0 radical (unpaired) electrons. The first-order chi connectivity index (χ1) is 35.7. The van der Waals surface area contributed by atoms with Crippen molar-refractivity contribution in [1.29, 1.82) is 5.26 Å². The molecule has 1 aromatic heterocycles. The Labute approximate surface area is 448 Å². The summed E-state index contributed by atoms with van der Waals surface area (Å²) in [7, 11) is 0. The molecule has 1 aromatic rings. The van der Waals surface area contributed by atoms with Crippen LogP contribution in [0.5, 0.6) is 0 Å². The summed E-state index contributed by atoms with van der Waals surface area (Å²) in [6, 6.07) is 3.55. The van der Waals surface area contributed by atoms with Gasteiger partial charge in [-0.05, 0) is 134 Å². The minimum absolute atomic E-state index is 0.00739. The van der Waals surface area contributed by atoms with Gasteiger partial charge in [-0.25, -0.2) is 31.5 Å². The Kier molecular flexibility index (Phi) is 13.5. The molecule has 18 atom stereocenters. The summed E-state index contributed by atoms with van der Waals surface area (Å²) in [5, 5.41) is 31.5. The summed E-state index contributed by atoms with van der Waals surface area (Å²) >= 11 is 0.352. The molecule has 0 bridgehead atoms. The Morgan fingerprint density at radius 3 is 1.64 bits per heavy atom. The number of alkyl halides is 5. The average molecular weight is 1100 g/mol. The van der Waals surface area contributed by atoms with E-state index in [1.165, 1.54) is 56.5 Å². The van der Waals surface area contributed by atoms with Gasteiger partial charge in [0, 0.05) is 45.3 Å². The molecule has 0 aromatic carbocycles. The first-order valence-electron chi connectivity index (χ1n) is 26.4. The van der Waals surface area contributed by atoms with Crippen LogP contribution in [-0.2, 0) is 38.2 Å². The zero-order chi connectivity index (χ0) is 56.8. The van der Waals surface area contributed by atoms with Gasteiger partial charge in [0.05, 0.1) is 24.4 Å². The SMILES string of the molecule is CC1C[C@H]2[C@@H]3CC(F)C4=CC(=O)C=C[C@]4(C)[C@@]3(F)C(O)C[C@]2(C)C1(OC(=O)c1ccco1)C(=O)SCF.C[C@@H]1C[C@H]2[C@@H]3C[C@H](F)C4=CC(=O)C=C[C@]4(C)[C@@]3(F)[C@@H](O)C[C@]2(C)[C@@]1(OC(=O)C1C(C)(C)C1(C)C)C(=O)OCC#N. The maximum absolute atomic E-state index is 17.5. The maximum atomic E-state index is 17.5. The number of allylic oxidation sites excluding steroid dienone is 8. The molecule has 0 aliphatic heterocycles. The zero-order valence-corrected chi connectivity index (χ0v) is 45.7. The van der Waals surface area contributed by atoms with Crippen molar-refractivity contribution in [2.45, 2.75) is 155 Å². The second kappa shape index (κ2) is 18.3. The number of aliphatic hydroxyl groups is 2. The van der Waals surface area contributed by atoms with E-state index < -0.39 is 168 Å². The fourth-order valence-electron chi connectivity index (χ4n) is 17.4. The van der Waals surface area contributed by atoms with E-state index in [4.69, 9.17) is 23.9 Å². The quantitative estimate of drug-likeness (QED) is 0.141. The minimum Gasteiger partial charge on any atom is -0.457 e. The van der Waals surface area contributed by atoms with Crippen molar-refractivity contribution in [2.75, 3.05) is 12.6 Å². The van der Waals surface area contributed by atoms with Crippen LogP contribution in [0.15, 0.2) is 70.4 Å². The third kappa shape index (κ3) is 7.26. The molecule has 13 nitrogen and oxygen atoms in total. The smallest absolute Gasteiger partial charge is 0.375 e. The molecule has 0 amide bonds. The number of rotatable bonds is 8. The van der Waals surface area contributed by atoms with Crippen LogP contribution in [0, 0.1) is 85.2 Å². The predicted octanol–water partition coefficient (Wildman–Crippen LogP) is 9.51. The number of aliphatic hydroxyl groups excluding tert-OH is 2. The van der Waals surface area contributed by atoms with Gasteiger partial charge in [0.15, 0.2) is 35.1 Å². The lowest BCUT2D eigenvalue weighted by atomic mass is 9.44. The lowest BCUT2D eigenvalue weighted by Crippen LogP contribution is -2.71. The highest BCUT2D eigenvalue weighted by atomic mass is 32.2. The van der Waals surface area contributed by atoms with Crippen molar-refractivity contribution < 1.29 is 79.6 Å². The Hall–Kier alpha value is -4.93. The van der Waals surface area contributed by atoms with E-state index in [2.05, 4.69) is 0 Å². The van der Waals surface area contributed by atoms with Gasteiger partial charge < -0.3 is 28.8 Å². The number of fused-ring (bicyclic) bond motifs is 10. The van der Waals surface area contributed by atoms with E-state index in [9.17, 15) is 43.4 Å². The van der Waals surface area contributed by atoms with Crippen LogP contribution in [-0.4, -0.2) is 105 Å².